The van der Waals surface area contributed by atoms with Crippen molar-refractivity contribution in [3.63, 3.8) is 0 Å². The Bertz CT molecular complexity index is 223. The van der Waals surface area contributed by atoms with Gasteiger partial charge in [0.1, 0.15) is 0 Å². The van der Waals surface area contributed by atoms with Gasteiger partial charge in [-0.25, -0.2) is 0 Å². The highest BCUT2D eigenvalue weighted by Crippen LogP contribution is 2.24. The Kier molecular flexibility index (Phi) is 4.93. The third kappa shape index (κ3) is 2.88. The minimum atomic E-state index is 0.0596. The van der Waals surface area contributed by atoms with Crippen molar-refractivity contribution in [1.29, 1.82) is 0 Å². The molecular weight excluding hydrogens is 208 g/mol. The summed E-state index contributed by atoms with van der Waals surface area (Å²) in [5.41, 5.74) is 5.76. The molecule has 1 saturated heterocycles. The van der Waals surface area contributed by atoms with Gasteiger partial charge in [-0.15, -0.1) is 0 Å². The Hall–Kier alpha value is -0.220. The molecule has 0 aliphatic carbocycles. The second-order valence-corrected chi connectivity index (χ2v) is 5.51. The maximum Gasteiger partial charge on any atom is 0.235 e. The maximum absolute atomic E-state index is 12.1. The van der Waals surface area contributed by atoms with Crippen LogP contribution in [-0.2, 0) is 4.79 Å². The zero-order valence-corrected chi connectivity index (χ0v) is 10.7. The molecule has 1 rings (SSSR count). The van der Waals surface area contributed by atoms with E-state index in [0.717, 1.165) is 13.0 Å². The number of likely N-dealkylation sites (tertiary alicyclic amines) is 1. The first-order valence-electron chi connectivity index (χ1n) is 5.65. The van der Waals surface area contributed by atoms with E-state index in [1.165, 1.54) is 6.42 Å². The van der Waals surface area contributed by atoms with Crippen LogP contribution in [0.5, 0.6) is 0 Å². The number of carbonyl (C=O) groups is 1. The van der Waals surface area contributed by atoms with Gasteiger partial charge < -0.3 is 10.6 Å². The van der Waals surface area contributed by atoms with E-state index in [4.69, 9.17) is 5.73 Å². The van der Waals surface area contributed by atoms with E-state index < -0.39 is 0 Å². The fourth-order valence-corrected chi connectivity index (χ4v) is 2.55. The number of thioether (sulfide) groups is 1. The lowest BCUT2D eigenvalue weighted by Gasteiger charge is -2.40. The maximum atomic E-state index is 12.1. The second-order valence-electron chi connectivity index (χ2n) is 4.33. The predicted molar refractivity (Wildman–Crippen MR) is 65.9 cm³/mol. The molecule has 0 aromatic heterocycles. The summed E-state index contributed by atoms with van der Waals surface area (Å²) in [5, 5.41) is 0.0596. The average molecular weight is 230 g/mol. The molecule has 3 atom stereocenters. The van der Waals surface area contributed by atoms with Crippen LogP contribution >= 0.6 is 11.8 Å². The van der Waals surface area contributed by atoms with E-state index in [1.807, 2.05) is 18.1 Å². The summed E-state index contributed by atoms with van der Waals surface area (Å²) < 4.78 is 0. The highest BCUT2D eigenvalue weighted by molar-refractivity contribution is 7.99. The molecule has 1 aliphatic heterocycles. The Morgan fingerprint density at radius 3 is 2.87 bits per heavy atom. The van der Waals surface area contributed by atoms with Gasteiger partial charge in [-0.2, -0.15) is 11.8 Å². The van der Waals surface area contributed by atoms with Gasteiger partial charge in [0, 0.05) is 19.1 Å². The molecule has 3 nitrogen and oxygen atoms in total. The largest absolute Gasteiger partial charge is 0.337 e. The molecule has 3 unspecified atom stereocenters. The zero-order chi connectivity index (χ0) is 11.4. The van der Waals surface area contributed by atoms with Crippen molar-refractivity contribution in [3.05, 3.63) is 0 Å². The van der Waals surface area contributed by atoms with Crippen LogP contribution in [0.4, 0.5) is 0 Å². The van der Waals surface area contributed by atoms with E-state index in [0.29, 0.717) is 12.5 Å². The SMILES string of the molecule is CSC(C)C(=O)N1CCCC(C)C1CN. The van der Waals surface area contributed by atoms with Crippen molar-refractivity contribution in [2.24, 2.45) is 11.7 Å². The minimum Gasteiger partial charge on any atom is -0.337 e. The van der Waals surface area contributed by atoms with Gasteiger partial charge in [0.25, 0.3) is 0 Å². The molecule has 0 aromatic carbocycles. The summed E-state index contributed by atoms with van der Waals surface area (Å²) in [7, 11) is 0. The minimum absolute atomic E-state index is 0.0596. The number of piperidine rings is 1. The van der Waals surface area contributed by atoms with Crippen molar-refractivity contribution < 1.29 is 4.79 Å². The van der Waals surface area contributed by atoms with E-state index in [2.05, 4.69) is 6.92 Å². The van der Waals surface area contributed by atoms with Gasteiger partial charge in [0.05, 0.1) is 5.25 Å². The summed E-state index contributed by atoms with van der Waals surface area (Å²) in [6.45, 7) is 5.64. The Morgan fingerprint density at radius 1 is 1.67 bits per heavy atom. The zero-order valence-electron chi connectivity index (χ0n) is 9.90. The summed E-state index contributed by atoms with van der Waals surface area (Å²) >= 11 is 1.61. The van der Waals surface area contributed by atoms with Crippen LogP contribution in [0.3, 0.4) is 0 Å². The lowest BCUT2D eigenvalue weighted by Crippen LogP contribution is -2.53. The summed E-state index contributed by atoms with van der Waals surface area (Å²) in [5.74, 6) is 0.797. The average Bonchev–Trinajstić information content (AvgIpc) is 2.26. The number of nitrogens with two attached hydrogens (primary N) is 1. The normalized spacial score (nSPS) is 28.9. The number of hydrogen-bond donors (Lipinski definition) is 1. The lowest BCUT2D eigenvalue weighted by molar-refractivity contribution is -0.135. The summed E-state index contributed by atoms with van der Waals surface area (Å²) in [6.07, 6.45) is 4.29. The summed E-state index contributed by atoms with van der Waals surface area (Å²) in [6, 6.07) is 0.251. The van der Waals surface area contributed by atoms with Crippen molar-refractivity contribution in [1.82, 2.24) is 4.90 Å². The van der Waals surface area contributed by atoms with Gasteiger partial charge in [-0.3, -0.25) is 4.79 Å². The van der Waals surface area contributed by atoms with Gasteiger partial charge >= 0.3 is 0 Å². The van der Waals surface area contributed by atoms with E-state index in [9.17, 15) is 4.79 Å². The van der Waals surface area contributed by atoms with Crippen LogP contribution in [0.25, 0.3) is 0 Å². The first kappa shape index (κ1) is 12.8. The monoisotopic (exact) mass is 230 g/mol. The first-order valence-corrected chi connectivity index (χ1v) is 6.94. The molecule has 1 heterocycles. The smallest absolute Gasteiger partial charge is 0.235 e. The molecule has 0 radical (unpaired) electrons. The van der Waals surface area contributed by atoms with Crippen LogP contribution in [0.15, 0.2) is 0 Å². The number of amides is 1. The van der Waals surface area contributed by atoms with Crippen LogP contribution in [0.2, 0.25) is 0 Å². The third-order valence-electron chi connectivity index (χ3n) is 3.34. The molecule has 0 bridgehead atoms. The van der Waals surface area contributed by atoms with E-state index in [1.54, 1.807) is 11.8 Å². The lowest BCUT2D eigenvalue weighted by atomic mass is 9.90. The number of hydrogen-bond acceptors (Lipinski definition) is 3. The van der Waals surface area contributed by atoms with Crippen LogP contribution in [0.1, 0.15) is 26.7 Å². The van der Waals surface area contributed by atoms with Gasteiger partial charge in [-0.1, -0.05) is 6.92 Å². The van der Waals surface area contributed by atoms with Crippen molar-refractivity contribution in [2.75, 3.05) is 19.3 Å². The topological polar surface area (TPSA) is 46.3 Å². The molecule has 1 aliphatic rings. The van der Waals surface area contributed by atoms with Crippen LogP contribution in [-0.4, -0.2) is 41.4 Å². The molecule has 0 saturated carbocycles. The Morgan fingerprint density at radius 2 is 2.33 bits per heavy atom. The number of nitrogens with zero attached hydrogens (tertiary/aromatic N) is 1. The van der Waals surface area contributed by atoms with Crippen molar-refractivity contribution >= 4 is 17.7 Å². The molecule has 88 valence electrons. The number of carbonyl (C=O) groups excluding carboxylic acids is 1. The Labute approximate surface area is 96.8 Å². The van der Waals surface area contributed by atoms with E-state index in [-0.39, 0.29) is 17.2 Å². The standard InChI is InChI=1S/C11H22N2OS/c1-8-5-4-6-13(10(8)7-12)11(14)9(2)15-3/h8-10H,4-7,12H2,1-3H3. The second kappa shape index (κ2) is 5.75. The highest BCUT2D eigenvalue weighted by atomic mass is 32.2. The molecule has 0 spiro atoms. The highest BCUT2D eigenvalue weighted by Gasteiger charge is 2.32. The van der Waals surface area contributed by atoms with Gasteiger partial charge in [-0.05, 0) is 31.9 Å². The molecule has 1 amide bonds. The van der Waals surface area contributed by atoms with Gasteiger partial charge in [0.15, 0.2) is 0 Å². The molecular formula is C11H22N2OS. The Balaban J connectivity index is 2.69. The van der Waals surface area contributed by atoms with Crippen LogP contribution < -0.4 is 5.73 Å². The number of rotatable bonds is 3. The quantitative estimate of drug-likeness (QED) is 0.795. The summed E-state index contributed by atoms with van der Waals surface area (Å²) in [4.78, 5) is 14.1. The van der Waals surface area contributed by atoms with Crippen molar-refractivity contribution in [3.8, 4) is 0 Å². The molecule has 0 aromatic rings. The fraction of sp³-hybridized carbons (Fsp3) is 0.909. The fourth-order valence-electron chi connectivity index (χ4n) is 2.22. The van der Waals surface area contributed by atoms with Crippen molar-refractivity contribution in [2.45, 2.75) is 38.0 Å². The van der Waals surface area contributed by atoms with Crippen LogP contribution in [0, 0.1) is 5.92 Å². The van der Waals surface area contributed by atoms with Gasteiger partial charge in [0.2, 0.25) is 5.91 Å². The molecule has 2 N–H and O–H groups in total. The molecule has 4 heteroatoms. The predicted octanol–water partition coefficient (Wildman–Crippen LogP) is 1.32. The first-order chi connectivity index (χ1) is 7.11. The third-order valence-corrected chi connectivity index (χ3v) is 4.25. The molecule has 15 heavy (non-hydrogen) atoms. The van der Waals surface area contributed by atoms with E-state index >= 15 is 0 Å². The molecule has 1 fully saturated rings.